The van der Waals surface area contributed by atoms with Gasteiger partial charge in [0.05, 0.1) is 20.1 Å². The Morgan fingerprint density at radius 2 is 2.24 bits per heavy atom. The molecule has 5 heteroatoms. The highest BCUT2D eigenvalue weighted by atomic mass is 16.5. The summed E-state index contributed by atoms with van der Waals surface area (Å²) in [5, 5.41) is 3.27. The van der Waals surface area contributed by atoms with E-state index in [9.17, 15) is 4.79 Å². The highest BCUT2D eigenvalue weighted by Crippen LogP contribution is 2.27. The minimum atomic E-state index is 0.120. The minimum Gasteiger partial charge on any atom is -0.493 e. The second-order valence-electron chi connectivity index (χ2n) is 5.40. The third-order valence-corrected chi connectivity index (χ3v) is 3.87. The zero-order chi connectivity index (χ0) is 15.2. The van der Waals surface area contributed by atoms with Crippen molar-refractivity contribution in [2.75, 3.05) is 33.9 Å². The van der Waals surface area contributed by atoms with Gasteiger partial charge in [-0.1, -0.05) is 6.07 Å². The van der Waals surface area contributed by atoms with Gasteiger partial charge in [-0.15, -0.1) is 0 Å². The molecule has 0 saturated carbocycles. The number of hydrogen-bond donors (Lipinski definition) is 1. The number of ether oxygens (including phenoxy) is 2. The summed E-state index contributed by atoms with van der Waals surface area (Å²) in [5.41, 5.74) is 1.11. The summed E-state index contributed by atoms with van der Waals surface area (Å²) in [5.74, 6) is 1.51. The maximum atomic E-state index is 12.1. The molecule has 1 amide bonds. The lowest BCUT2D eigenvalue weighted by atomic mass is 10.2. The average Bonchev–Trinajstić information content (AvgIpc) is 3.01. The molecule has 1 aliphatic rings. The monoisotopic (exact) mass is 292 g/mol. The maximum absolute atomic E-state index is 12.1. The quantitative estimate of drug-likeness (QED) is 0.865. The van der Waals surface area contributed by atoms with Crippen LogP contribution < -0.4 is 14.8 Å². The Morgan fingerprint density at radius 1 is 1.43 bits per heavy atom. The normalized spacial score (nSPS) is 17.6. The van der Waals surface area contributed by atoms with Crippen molar-refractivity contribution in [1.82, 2.24) is 10.2 Å². The molecule has 0 bridgehead atoms. The highest BCUT2D eigenvalue weighted by Gasteiger charge is 2.22. The standard InChI is InChI=1S/C16H24N2O3/c1-12-4-5-14(15(10-12)20-3)21-9-7-16(19)18(2)13-6-8-17-11-13/h4-5,10,13,17H,6-9,11H2,1-3H3/t13-/m0/s1. The molecule has 1 heterocycles. The van der Waals surface area contributed by atoms with Crippen LogP contribution in [0.1, 0.15) is 18.4 Å². The van der Waals surface area contributed by atoms with Gasteiger partial charge in [-0.05, 0) is 37.6 Å². The van der Waals surface area contributed by atoms with Crippen LogP contribution in [0.4, 0.5) is 0 Å². The molecule has 21 heavy (non-hydrogen) atoms. The minimum absolute atomic E-state index is 0.120. The van der Waals surface area contributed by atoms with Gasteiger partial charge in [0.2, 0.25) is 5.91 Å². The molecular formula is C16H24N2O3. The molecule has 5 nitrogen and oxygen atoms in total. The van der Waals surface area contributed by atoms with Crippen LogP contribution in [0, 0.1) is 6.92 Å². The van der Waals surface area contributed by atoms with Gasteiger partial charge in [0.1, 0.15) is 0 Å². The van der Waals surface area contributed by atoms with Crippen LogP contribution in [0.15, 0.2) is 18.2 Å². The number of amides is 1. The molecule has 1 aliphatic heterocycles. The fourth-order valence-corrected chi connectivity index (χ4v) is 2.49. The predicted octanol–water partition coefficient (Wildman–Crippen LogP) is 1.59. The van der Waals surface area contributed by atoms with Gasteiger partial charge in [-0.2, -0.15) is 0 Å². The predicted molar refractivity (Wildman–Crippen MR) is 81.9 cm³/mol. The van der Waals surface area contributed by atoms with E-state index in [1.807, 2.05) is 37.1 Å². The van der Waals surface area contributed by atoms with E-state index in [4.69, 9.17) is 9.47 Å². The molecule has 0 radical (unpaired) electrons. The summed E-state index contributed by atoms with van der Waals surface area (Å²) < 4.78 is 11.0. The number of nitrogens with zero attached hydrogens (tertiary/aromatic N) is 1. The van der Waals surface area contributed by atoms with Gasteiger partial charge in [-0.25, -0.2) is 0 Å². The molecule has 0 unspecified atom stereocenters. The van der Waals surface area contributed by atoms with E-state index in [1.54, 1.807) is 7.11 Å². The summed E-state index contributed by atoms with van der Waals surface area (Å²) in [6, 6.07) is 6.08. The van der Waals surface area contributed by atoms with Crippen LogP contribution in [0.25, 0.3) is 0 Å². The molecule has 1 fully saturated rings. The number of aryl methyl sites for hydroxylation is 1. The molecule has 1 atom stereocenters. The van der Waals surface area contributed by atoms with Crippen molar-refractivity contribution < 1.29 is 14.3 Å². The van der Waals surface area contributed by atoms with Gasteiger partial charge in [0.25, 0.3) is 0 Å². The number of carbonyl (C=O) groups is 1. The van der Waals surface area contributed by atoms with Crippen LogP contribution in [0.3, 0.4) is 0 Å². The first kappa shape index (κ1) is 15.6. The Morgan fingerprint density at radius 3 is 2.90 bits per heavy atom. The van der Waals surface area contributed by atoms with Crippen LogP contribution in [0.2, 0.25) is 0 Å². The van der Waals surface area contributed by atoms with Crippen molar-refractivity contribution in [2.45, 2.75) is 25.8 Å². The Bertz CT molecular complexity index is 484. The molecule has 1 aromatic rings. The maximum Gasteiger partial charge on any atom is 0.226 e. The van der Waals surface area contributed by atoms with Gasteiger partial charge < -0.3 is 19.7 Å². The molecule has 0 aliphatic carbocycles. The van der Waals surface area contributed by atoms with Crippen LogP contribution in [-0.4, -0.2) is 50.7 Å². The summed E-state index contributed by atoms with van der Waals surface area (Å²) in [6.07, 6.45) is 1.40. The lowest BCUT2D eigenvalue weighted by Gasteiger charge is -2.23. The van der Waals surface area contributed by atoms with Crippen molar-refractivity contribution in [3.8, 4) is 11.5 Å². The molecular weight excluding hydrogens is 268 g/mol. The van der Waals surface area contributed by atoms with Crippen molar-refractivity contribution >= 4 is 5.91 Å². The number of hydrogen-bond acceptors (Lipinski definition) is 4. The zero-order valence-electron chi connectivity index (χ0n) is 13.0. The summed E-state index contributed by atoms with van der Waals surface area (Å²) in [7, 11) is 3.49. The average molecular weight is 292 g/mol. The smallest absolute Gasteiger partial charge is 0.226 e. The Labute approximate surface area is 126 Å². The van der Waals surface area contributed by atoms with E-state index in [-0.39, 0.29) is 5.91 Å². The Kier molecular flexibility index (Phi) is 5.44. The van der Waals surface area contributed by atoms with E-state index < -0.39 is 0 Å². The van der Waals surface area contributed by atoms with Gasteiger partial charge in [-0.3, -0.25) is 4.79 Å². The van der Waals surface area contributed by atoms with Crippen molar-refractivity contribution in [3.05, 3.63) is 23.8 Å². The van der Waals surface area contributed by atoms with Gasteiger partial charge in [0.15, 0.2) is 11.5 Å². The third kappa shape index (κ3) is 4.11. The lowest BCUT2D eigenvalue weighted by Crippen LogP contribution is -2.38. The SMILES string of the molecule is COc1cc(C)ccc1OCCC(=O)N(C)[C@H]1CCNC1. The first-order valence-corrected chi connectivity index (χ1v) is 7.35. The summed E-state index contributed by atoms with van der Waals surface area (Å²) >= 11 is 0. The van der Waals surface area contributed by atoms with Crippen molar-refractivity contribution in [3.63, 3.8) is 0 Å². The van der Waals surface area contributed by atoms with Crippen molar-refractivity contribution in [2.24, 2.45) is 0 Å². The molecule has 1 N–H and O–H groups in total. The van der Waals surface area contributed by atoms with E-state index in [1.165, 1.54) is 0 Å². The highest BCUT2D eigenvalue weighted by molar-refractivity contribution is 5.76. The molecule has 2 rings (SSSR count). The molecule has 0 aromatic heterocycles. The lowest BCUT2D eigenvalue weighted by molar-refractivity contribution is -0.132. The molecule has 1 saturated heterocycles. The number of benzene rings is 1. The van der Waals surface area contributed by atoms with Crippen LogP contribution in [0.5, 0.6) is 11.5 Å². The first-order valence-electron chi connectivity index (χ1n) is 7.35. The van der Waals surface area contributed by atoms with Gasteiger partial charge in [0, 0.05) is 19.6 Å². The fraction of sp³-hybridized carbons (Fsp3) is 0.562. The third-order valence-electron chi connectivity index (χ3n) is 3.87. The van der Waals surface area contributed by atoms with Crippen molar-refractivity contribution in [1.29, 1.82) is 0 Å². The van der Waals surface area contributed by atoms with Crippen LogP contribution in [-0.2, 0) is 4.79 Å². The number of methoxy groups -OCH3 is 1. The number of rotatable bonds is 6. The van der Waals surface area contributed by atoms with E-state index in [0.29, 0.717) is 30.6 Å². The number of likely N-dealkylation sites (N-methyl/N-ethyl adjacent to an activating group) is 1. The number of nitrogens with one attached hydrogen (secondary N) is 1. The largest absolute Gasteiger partial charge is 0.493 e. The summed E-state index contributed by atoms with van der Waals surface area (Å²) in [4.78, 5) is 13.9. The topological polar surface area (TPSA) is 50.8 Å². The van der Waals surface area contributed by atoms with Crippen LogP contribution >= 0.6 is 0 Å². The van der Waals surface area contributed by atoms with E-state index >= 15 is 0 Å². The molecule has 116 valence electrons. The number of carbonyl (C=O) groups excluding carboxylic acids is 1. The second kappa shape index (κ2) is 7.31. The van der Waals surface area contributed by atoms with E-state index in [2.05, 4.69) is 5.32 Å². The molecule has 1 aromatic carbocycles. The molecule has 0 spiro atoms. The first-order chi connectivity index (χ1) is 10.1. The zero-order valence-corrected chi connectivity index (χ0v) is 13.0. The Hall–Kier alpha value is -1.75. The van der Waals surface area contributed by atoms with E-state index in [0.717, 1.165) is 25.1 Å². The van der Waals surface area contributed by atoms with Gasteiger partial charge >= 0.3 is 0 Å². The summed E-state index contributed by atoms with van der Waals surface area (Å²) in [6.45, 7) is 4.23. The second-order valence-corrected chi connectivity index (χ2v) is 5.40. The fourth-order valence-electron chi connectivity index (χ4n) is 2.49. The Balaban J connectivity index is 1.82.